The van der Waals surface area contributed by atoms with Crippen molar-refractivity contribution in [1.82, 2.24) is 15.6 Å². The maximum Gasteiger partial charge on any atom is 0.218 e. The summed E-state index contributed by atoms with van der Waals surface area (Å²) >= 11 is 0. The molecular formula is C21H26N4O3. The minimum Gasteiger partial charge on any atom is -0.475 e. The van der Waals surface area contributed by atoms with Gasteiger partial charge in [0.2, 0.25) is 5.88 Å². The average molecular weight is 382 g/mol. The van der Waals surface area contributed by atoms with E-state index in [1.807, 2.05) is 30.3 Å². The van der Waals surface area contributed by atoms with Crippen LogP contribution in [0, 0.1) is 6.92 Å². The standard InChI is InChI=1S/C21H26N4O3/c1-15-17-8-4-5-9-18(17)28-19(15)14-25-21(22-2)24-13-16-7-6-10-23-20(16)27-12-11-26-3/h4-10H,11-14H2,1-3H3,(H2,22,24,25). The number of aliphatic imine (C=N–C) groups is 1. The number of hydrogen-bond acceptors (Lipinski definition) is 5. The fourth-order valence-electron chi connectivity index (χ4n) is 2.87. The first-order chi connectivity index (χ1) is 13.7. The minimum absolute atomic E-state index is 0.457. The molecule has 3 rings (SSSR count). The molecule has 1 aromatic carbocycles. The van der Waals surface area contributed by atoms with Gasteiger partial charge in [-0.15, -0.1) is 0 Å². The Morgan fingerprint density at radius 2 is 1.93 bits per heavy atom. The zero-order valence-electron chi connectivity index (χ0n) is 16.5. The number of guanidine groups is 1. The lowest BCUT2D eigenvalue weighted by Gasteiger charge is -2.13. The number of para-hydroxylation sites is 1. The summed E-state index contributed by atoms with van der Waals surface area (Å²) in [5.74, 6) is 2.16. The highest BCUT2D eigenvalue weighted by molar-refractivity contribution is 5.83. The first-order valence-corrected chi connectivity index (χ1v) is 9.20. The van der Waals surface area contributed by atoms with Crippen LogP contribution in [0.4, 0.5) is 0 Å². The predicted octanol–water partition coefficient (Wildman–Crippen LogP) is 3.03. The number of benzene rings is 1. The van der Waals surface area contributed by atoms with Crippen LogP contribution in [0.1, 0.15) is 16.9 Å². The van der Waals surface area contributed by atoms with Crippen molar-refractivity contribution in [3.05, 3.63) is 59.5 Å². The normalized spacial score (nSPS) is 11.6. The van der Waals surface area contributed by atoms with Gasteiger partial charge in [-0.2, -0.15) is 0 Å². The van der Waals surface area contributed by atoms with Gasteiger partial charge in [0.05, 0.1) is 13.2 Å². The largest absolute Gasteiger partial charge is 0.475 e. The molecule has 0 atom stereocenters. The topological polar surface area (TPSA) is 80.9 Å². The lowest BCUT2D eigenvalue weighted by molar-refractivity contribution is 0.143. The van der Waals surface area contributed by atoms with E-state index >= 15 is 0 Å². The maximum atomic E-state index is 5.94. The molecule has 0 fully saturated rings. The molecule has 0 unspecified atom stereocenters. The average Bonchev–Trinajstić information content (AvgIpc) is 3.05. The third kappa shape index (κ3) is 4.80. The van der Waals surface area contributed by atoms with Gasteiger partial charge in [-0.05, 0) is 19.1 Å². The second-order valence-electron chi connectivity index (χ2n) is 6.23. The monoisotopic (exact) mass is 382 g/mol. The molecule has 0 saturated carbocycles. The van der Waals surface area contributed by atoms with Crippen molar-refractivity contribution in [1.29, 1.82) is 0 Å². The van der Waals surface area contributed by atoms with Gasteiger partial charge in [-0.25, -0.2) is 4.98 Å². The zero-order valence-corrected chi connectivity index (χ0v) is 16.5. The van der Waals surface area contributed by atoms with Crippen LogP contribution in [0.3, 0.4) is 0 Å². The van der Waals surface area contributed by atoms with E-state index in [4.69, 9.17) is 13.9 Å². The van der Waals surface area contributed by atoms with Crippen LogP contribution in [0.15, 0.2) is 52.0 Å². The van der Waals surface area contributed by atoms with E-state index in [1.54, 1.807) is 20.4 Å². The molecule has 7 nitrogen and oxygen atoms in total. The first-order valence-electron chi connectivity index (χ1n) is 9.20. The number of aromatic nitrogens is 1. The number of furan rings is 1. The van der Waals surface area contributed by atoms with Crippen molar-refractivity contribution in [2.24, 2.45) is 4.99 Å². The van der Waals surface area contributed by atoms with Crippen molar-refractivity contribution in [3.63, 3.8) is 0 Å². The minimum atomic E-state index is 0.457. The summed E-state index contributed by atoms with van der Waals surface area (Å²) in [6, 6.07) is 11.9. The summed E-state index contributed by atoms with van der Waals surface area (Å²) in [6.07, 6.45) is 1.71. The number of methoxy groups -OCH3 is 1. The van der Waals surface area contributed by atoms with Gasteiger partial charge < -0.3 is 24.5 Å². The Hall–Kier alpha value is -3.06. The summed E-state index contributed by atoms with van der Waals surface area (Å²) in [5, 5.41) is 7.71. The second kappa shape index (κ2) is 9.75. The van der Waals surface area contributed by atoms with Gasteiger partial charge in [-0.3, -0.25) is 4.99 Å². The van der Waals surface area contributed by atoms with Crippen LogP contribution in [0.2, 0.25) is 0 Å². The molecule has 0 spiro atoms. The molecule has 3 aromatic rings. The zero-order chi connectivity index (χ0) is 19.8. The van der Waals surface area contributed by atoms with Crippen LogP contribution in [0.5, 0.6) is 5.88 Å². The number of rotatable bonds is 8. The highest BCUT2D eigenvalue weighted by atomic mass is 16.5. The van der Waals surface area contributed by atoms with E-state index in [2.05, 4.69) is 33.6 Å². The van der Waals surface area contributed by atoms with Gasteiger partial charge in [0, 0.05) is 43.4 Å². The van der Waals surface area contributed by atoms with Gasteiger partial charge in [0.1, 0.15) is 18.0 Å². The lowest BCUT2D eigenvalue weighted by atomic mass is 10.1. The molecule has 0 radical (unpaired) electrons. The number of hydrogen-bond donors (Lipinski definition) is 2. The molecule has 2 heterocycles. The number of nitrogens with zero attached hydrogens (tertiary/aromatic N) is 2. The lowest BCUT2D eigenvalue weighted by Crippen LogP contribution is -2.36. The van der Waals surface area contributed by atoms with Crippen molar-refractivity contribution in [2.75, 3.05) is 27.4 Å². The summed E-state index contributed by atoms with van der Waals surface area (Å²) in [6.45, 7) is 4.13. The molecule has 2 N–H and O–H groups in total. The van der Waals surface area contributed by atoms with Crippen LogP contribution in [-0.2, 0) is 17.8 Å². The van der Waals surface area contributed by atoms with Gasteiger partial charge in [-0.1, -0.05) is 24.3 Å². The number of nitrogens with one attached hydrogen (secondary N) is 2. The number of ether oxygens (including phenoxy) is 2. The highest BCUT2D eigenvalue weighted by Gasteiger charge is 2.11. The van der Waals surface area contributed by atoms with Crippen molar-refractivity contribution >= 4 is 16.9 Å². The van der Waals surface area contributed by atoms with E-state index < -0.39 is 0 Å². The molecule has 7 heteroatoms. The highest BCUT2D eigenvalue weighted by Crippen LogP contribution is 2.24. The Labute approximate surface area is 164 Å². The van der Waals surface area contributed by atoms with Gasteiger partial charge in [0.15, 0.2) is 5.96 Å². The molecule has 2 aromatic heterocycles. The Kier molecular flexibility index (Phi) is 6.86. The molecular weight excluding hydrogens is 356 g/mol. The van der Waals surface area contributed by atoms with E-state index in [0.717, 1.165) is 27.9 Å². The van der Waals surface area contributed by atoms with E-state index in [-0.39, 0.29) is 0 Å². The predicted molar refractivity (Wildman–Crippen MR) is 110 cm³/mol. The third-order valence-electron chi connectivity index (χ3n) is 4.40. The molecule has 0 bridgehead atoms. The molecule has 0 saturated heterocycles. The third-order valence-corrected chi connectivity index (χ3v) is 4.40. The van der Waals surface area contributed by atoms with Crippen LogP contribution < -0.4 is 15.4 Å². The van der Waals surface area contributed by atoms with E-state index in [9.17, 15) is 0 Å². The smallest absolute Gasteiger partial charge is 0.218 e. The summed E-state index contributed by atoms with van der Waals surface area (Å²) in [7, 11) is 3.38. The number of aryl methyl sites for hydroxylation is 1. The van der Waals surface area contributed by atoms with E-state index in [1.165, 1.54) is 0 Å². The van der Waals surface area contributed by atoms with Gasteiger partial charge >= 0.3 is 0 Å². The fourth-order valence-corrected chi connectivity index (χ4v) is 2.87. The molecule has 148 valence electrons. The first kappa shape index (κ1) is 19.7. The van der Waals surface area contributed by atoms with Crippen LogP contribution in [-0.4, -0.2) is 38.3 Å². The SMILES string of the molecule is CN=C(NCc1cccnc1OCCOC)NCc1oc2ccccc2c1C. The summed E-state index contributed by atoms with van der Waals surface area (Å²) < 4.78 is 16.6. The summed E-state index contributed by atoms with van der Waals surface area (Å²) in [4.78, 5) is 8.57. The van der Waals surface area contributed by atoms with Crippen LogP contribution in [0.25, 0.3) is 11.0 Å². The quantitative estimate of drug-likeness (QED) is 0.354. The Morgan fingerprint density at radius 1 is 1.11 bits per heavy atom. The molecule has 28 heavy (non-hydrogen) atoms. The molecule has 0 aliphatic heterocycles. The Morgan fingerprint density at radius 3 is 2.71 bits per heavy atom. The number of pyridine rings is 1. The van der Waals surface area contributed by atoms with Crippen LogP contribution >= 0.6 is 0 Å². The molecule has 0 aliphatic carbocycles. The number of fused-ring (bicyclic) bond motifs is 1. The second-order valence-corrected chi connectivity index (χ2v) is 6.23. The van der Waals surface area contributed by atoms with Crippen molar-refractivity contribution in [2.45, 2.75) is 20.0 Å². The van der Waals surface area contributed by atoms with E-state index in [0.29, 0.717) is 38.1 Å². The maximum absolute atomic E-state index is 5.94. The Balaban J connectivity index is 1.59. The summed E-state index contributed by atoms with van der Waals surface area (Å²) in [5.41, 5.74) is 2.98. The Bertz CT molecular complexity index is 936. The van der Waals surface area contributed by atoms with Crippen molar-refractivity contribution < 1.29 is 13.9 Å². The molecule has 0 aliphatic rings. The molecule has 0 amide bonds. The van der Waals surface area contributed by atoms with Gasteiger partial charge in [0.25, 0.3) is 0 Å². The fraction of sp³-hybridized carbons (Fsp3) is 0.333. The van der Waals surface area contributed by atoms with Crippen molar-refractivity contribution in [3.8, 4) is 5.88 Å².